The minimum Gasteiger partial charge on any atom is -0.269 e. The Bertz CT molecular complexity index is 421. The molecule has 0 N–H and O–H groups in total. The van der Waals surface area contributed by atoms with Crippen LogP contribution < -0.4 is 0 Å². The van der Waals surface area contributed by atoms with E-state index in [4.69, 9.17) is 0 Å². The standard InChI is InChI=1S/C10H18N2O2S/c1-4-6-15(13,14)7-5-12-10(3)8-9(2)11-12/h8H,4-7H2,1-3H3. The third-order valence-electron chi connectivity index (χ3n) is 2.23. The largest absolute Gasteiger partial charge is 0.269 e. The van der Waals surface area contributed by atoms with Gasteiger partial charge in [0.2, 0.25) is 0 Å². The smallest absolute Gasteiger partial charge is 0.152 e. The van der Waals surface area contributed by atoms with Crippen LogP contribution in [0.3, 0.4) is 0 Å². The topological polar surface area (TPSA) is 52.0 Å². The zero-order chi connectivity index (χ0) is 11.5. The second-order valence-corrected chi connectivity index (χ2v) is 6.11. The maximum atomic E-state index is 11.5. The molecule has 0 amide bonds. The number of hydrogen-bond acceptors (Lipinski definition) is 3. The Morgan fingerprint density at radius 2 is 2.00 bits per heavy atom. The van der Waals surface area contributed by atoms with Crippen LogP contribution in [-0.4, -0.2) is 29.7 Å². The summed E-state index contributed by atoms with van der Waals surface area (Å²) in [5.41, 5.74) is 1.94. The second-order valence-electron chi connectivity index (χ2n) is 3.80. The van der Waals surface area contributed by atoms with E-state index in [9.17, 15) is 8.42 Å². The van der Waals surface area contributed by atoms with Crippen molar-refractivity contribution in [1.29, 1.82) is 0 Å². The highest BCUT2D eigenvalue weighted by molar-refractivity contribution is 7.91. The van der Waals surface area contributed by atoms with Crippen molar-refractivity contribution in [2.24, 2.45) is 0 Å². The van der Waals surface area contributed by atoms with Crippen LogP contribution in [0.5, 0.6) is 0 Å². The molecule has 0 aliphatic heterocycles. The zero-order valence-corrected chi connectivity index (χ0v) is 10.3. The molecule has 15 heavy (non-hydrogen) atoms. The van der Waals surface area contributed by atoms with Crippen molar-refractivity contribution in [1.82, 2.24) is 9.78 Å². The molecule has 0 saturated carbocycles. The predicted molar refractivity (Wildman–Crippen MR) is 60.6 cm³/mol. The quantitative estimate of drug-likeness (QED) is 0.766. The van der Waals surface area contributed by atoms with Crippen LogP contribution in [0, 0.1) is 13.8 Å². The molecule has 0 radical (unpaired) electrons. The molecule has 0 aromatic carbocycles. The maximum Gasteiger partial charge on any atom is 0.152 e. The number of hydrogen-bond donors (Lipinski definition) is 0. The first-order chi connectivity index (χ1) is 6.94. The molecule has 0 aliphatic rings. The van der Waals surface area contributed by atoms with E-state index in [2.05, 4.69) is 5.10 Å². The Morgan fingerprint density at radius 3 is 2.47 bits per heavy atom. The highest BCUT2D eigenvalue weighted by atomic mass is 32.2. The third-order valence-corrected chi connectivity index (χ3v) is 4.07. The summed E-state index contributed by atoms with van der Waals surface area (Å²) >= 11 is 0. The van der Waals surface area contributed by atoms with E-state index in [-0.39, 0.29) is 11.5 Å². The summed E-state index contributed by atoms with van der Waals surface area (Å²) in [7, 11) is -2.90. The SMILES string of the molecule is CCCS(=O)(=O)CCn1nc(C)cc1C. The molecule has 0 fully saturated rings. The number of rotatable bonds is 5. The van der Waals surface area contributed by atoms with Crippen LogP contribution in [0.1, 0.15) is 24.7 Å². The van der Waals surface area contributed by atoms with Gasteiger partial charge in [-0.1, -0.05) is 6.92 Å². The summed E-state index contributed by atoms with van der Waals surface area (Å²) in [6.07, 6.45) is 0.680. The first kappa shape index (κ1) is 12.2. The molecule has 0 atom stereocenters. The van der Waals surface area contributed by atoms with Gasteiger partial charge < -0.3 is 0 Å². The van der Waals surface area contributed by atoms with Crippen LogP contribution in [0.2, 0.25) is 0 Å². The minimum absolute atomic E-state index is 0.183. The normalized spacial score (nSPS) is 11.9. The molecule has 86 valence electrons. The van der Waals surface area contributed by atoms with Gasteiger partial charge in [0.1, 0.15) is 0 Å². The Kier molecular flexibility index (Phi) is 3.90. The van der Waals surface area contributed by atoms with E-state index in [1.807, 2.05) is 26.8 Å². The van der Waals surface area contributed by atoms with Crippen LogP contribution >= 0.6 is 0 Å². The molecular weight excluding hydrogens is 212 g/mol. The number of nitrogens with zero attached hydrogens (tertiary/aromatic N) is 2. The molecule has 1 aromatic heterocycles. The maximum absolute atomic E-state index is 11.5. The molecule has 4 nitrogen and oxygen atoms in total. The number of aryl methyl sites for hydroxylation is 3. The summed E-state index contributed by atoms with van der Waals surface area (Å²) in [5.74, 6) is 0.453. The molecular formula is C10H18N2O2S. The van der Waals surface area contributed by atoms with Crippen molar-refractivity contribution in [3.8, 4) is 0 Å². The number of sulfone groups is 1. The Hall–Kier alpha value is -0.840. The molecule has 0 spiro atoms. The van der Waals surface area contributed by atoms with E-state index < -0.39 is 9.84 Å². The molecule has 5 heteroatoms. The average molecular weight is 230 g/mol. The van der Waals surface area contributed by atoms with Crippen LogP contribution in [0.4, 0.5) is 0 Å². The van der Waals surface area contributed by atoms with Crippen molar-refractivity contribution >= 4 is 9.84 Å². The van der Waals surface area contributed by atoms with Gasteiger partial charge in [-0.15, -0.1) is 0 Å². The Labute approximate surface area is 91.2 Å². The van der Waals surface area contributed by atoms with Gasteiger partial charge in [0.15, 0.2) is 9.84 Å². The summed E-state index contributed by atoms with van der Waals surface area (Å²) < 4.78 is 24.7. The molecule has 1 aromatic rings. The van der Waals surface area contributed by atoms with Gasteiger partial charge in [0.25, 0.3) is 0 Å². The Morgan fingerprint density at radius 1 is 1.33 bits per heavy atom. The van der Waals surface area contributed by atoms with Gasteiger partial charge in [-0.25, -0.2) is 8.42 Å². The van der Waals surface area contributed by atoms with Gasteiger partial charge >= 0.3 is 0 Å². The van der Waals surface area contributed by atoms with Crippen molar-refractivity contribution in [2.45, 2.75) is 33.7 Å². The lowest BCUT2D eigenvalue weighted by molar-refractivity contribution is 0.575. The van der Waals surface area contributed by atoms with E-state index in [0.717, 1.165) is 11.4 Å². The first-order valence-electron chi connectivity index (χ1n) is 5.16. The summed E-state index contributed by atoms with van der Waals surface area (Å²) in [6, 6.07) is 1.95. The third kappa shape index (κ3) is 3.66. The van der Waals surface area contributed by atoms with Crippen LogP contribution in [0.25, 0.3) is 0 Å². The molecule has 1 heterocycles. The molecule has 1 rings (SSSR count). The van der Waals surface area contributed by atoms with Gasteiger partial charge in [0.05, 0.1) is 18.0 Å². The summed E-state index contributed by atoms with van der Waals surface area (Å²) in [6.45, 7) is 6.18. The van der Waals surface area contributed by atoms with Gasteiger partial charge in [-0.3, -0.25) is 4.68 Å². The first-order valence-corrected chi connectivity index (χ1v) is 6.98. The summed E-state index contributed by atoms with van der Waals surface area (Å²) in [4.78, 5) is 0. The molecule has 0 saturated heterocycles. The van der Waals surface area contributed by atoms with E-state index >= 15 is 0 Å². The average Bonchev–Trinajstić information content (AvgIpc) is 2.42. The fourth-order valence-corrected chi connectivity index (χ4v) is 2.82. The fourth-order valence-electron chi connectivity index (χ4n) is 1.54. The second kappa shape index (κ2) is 4.79. The van der Waals surface area contributed by atoms with Crippen molar-refractivity contribution in [3.05, 3.63) is 17.5 Å². The van der Waals surface area contributed by atoms with Crippen LogP contribution in [0.15, 0.2) is 6.07 Å². The van der Waals surface area contributed by atoms with Crippen LogP contribution in [-0.2, 0) is 16.4 Å². The number of aromatic nitrogens is 2. The molecule has 0 aliphatic carbocycles. The molecule has 0 bridgehead atoms. The van der Waals surface area contributed by atoms with Crippen molar-refractivity contribution < 1.29 is 8.42 Å². The van der Waals surface area contributed by atoms with Crippen molar-refractivity contribution in [3.63, 3.8) is 0 Å². The lowest BCUT2D eigenvalue weighted by Crippen LogP contribution is -2.17. The minimum atomic E-state index is -2.90. The lowest BCUT2D eigenvalue weighted by Gasteiger charge is -2.04. The van der Waals surface area contributed by atoms with E-state index in [0.29, 0.717) is 13.0 Å². The fraction of sp³-hybridized carbons (Fsp3) is 0.700. The van der Waals surface area contributed by atoms with Gasteiger partial charge in [-0.2, -0.15) is 5.10 Å². The summed E-state index contributed by atoms with van der Waals surface area (Å²) in [5, 5.41) is 4.23. The van der Waals surface area contributed by atoms with Gasteiger partial charge in [-0.05, 0) is 26.3 Å². The zero-order valence-electron chi connectivity index (χ0n) is 9.52. The monoisotopic (exact) mass is 230 g/mol. The Balaban J connectivity index is 2.61. The lowest BCUT2D eigenvalue weighted by atomic mass is 10.4. The van der Waals surface area contributed by atoms with Crippen molar-refractivity contribution in [2.75, 3.05) is 11.5 Å². The van der Waals surface area contributed by atoms with Gasteiger partial charge in [0, 0.05) is 11.4 Å². The highest BCUT2D eigenvalue weighted by Crippen LogP contribution is 2.03. The predicted octanol–water partition coefficient (Wildman–Crippen LogP) is 1.32. The van der Waals surface area contributed by atoms with E-state index in [1.165, 1.54) is 0 Å². The molecule has 0 unspecified atom stereocenters. The highest BCUT2D eigenvalue weighted by Gasteiger charge is 2.10. The van der Waals surface area contributed by atoms with E-state index in [1.54, 1.807) is 4.68 Å².